The number of carbonyl (C=O) groups excluding carboxylic acids is 1. The average molecular weight is 398 g/mol. The highest BCUT2D eigenvalue weighted by Gasteiger charge is 2.36. The lowest BCUT2D eigenvalue weighted by atomic mass is 10.0. The molecule has 1 aromatic heterocycles. The van der Waals surface area contributed by atoms with E-state index in [-0.39, 0.29) is 29.6 Å². The summed E-state index contributed by atoms with van der Waals surface area (Å²) >= 11 is 0. The van der Waals surface area contributed by atoms with Crippen molar-refractivity contribution >= 4 is 28.6 Å². The van der Waals surface area contributed by atoms with Gasteiger partial charge in [0, 0.05) is 30.4 Å². The number of aromatic nitrogens is 1. The second kappa shape index (κ2) is 6.69. The number of carbonyl (C=O) groups is 1. The number of fused-ring (bicyclic) bond motifs is 5. The fourth-order valence-electron chi connectivity index (χ4n) is 4.68. The van der Waals surface area contributed by atoms with Crippen molar-refractivity contribution in [3.8, 4) is 0 Å². The van der Waals surface area contributed by atoms with Gasteiger partial charge in [-0.1, -0.05) is 12.2 Å². The second-order valence-electron chi connectivity index (χ2n) is 8.08. The van der Waals surface area contributed by atoms with E-state index in [2.05, 4.69) is 0 Å². The Morgan fingerprint density at radius 1 is 1.34 bits per heavy atom. The van der Waals surface area contributed by atoms with Crippen molar-refractivity contribution in [3.63, 3.8) is 0 Å². The summed E-state index contributed by atoms with van der Waals surface area (Å²) in [4.78, 5) is 27.4. The van der Waals surface area contributed by atoms with Crippen LogP contribution in [0.4, 0.5) is 10.1 Å². The molecule has 152 valence electrons. The molecule has 0 bridgehead atoms. The highest BCUT2D eigenvalue weighted by Crippen LogP contribution is 2.43. The molecule has 0 spiro atoms. The SMILES string of the molecule is CCOC(=O)c1cn(C2CC2)c2c3c(c(F)cc2c1=O)N1CC(O)C[C@H]1CC=C3. The lowest BCUT2D eigenvalue weighted by molar-refractivity contribution is 0.0524. The summed E-state index contributed by atoms with van der Waals surface area (Å²) in [6.45, 7) is 2.22. The molecule has 1 aliphatic carbocycles. The van der Waals surface area contributed by atoms with Crippen LogP contribution in [0.3, 0.4) is 0 Å². The molecule has 5 rings (SSSR count). The molecule has 0 amide bonds. The van der Waals surface area contributed by atoms with Crippen LogP contribution in [0.2, 0.25) is 0 Å². The maximum Gasteiger partial charge on any atom is 0.343 e. The minimum atomic E-state index is -0.678. The molecule has 3 aliphatic rings. The number of nitrogens with zero attached hydrogens (tertiary/aromatic N) is 2. The lowest BCUT2D eigenvalue weighted by Gasteiger charge is -2.27. The first-order valence-corrected chi connectivity index (χ1v) is 10.2. The number of rotatable bonds is 3. The maximum absolute atomic E-state index is 15.3. The van der Waals surface area contributed by atoms with Gasteiger partial charge in [-0.05, 0) is 38.7 Å². The smallest absolute Gasteiger partial charge is 0.343 e. The topological polar surface area (TPSA) is 71.8 Å². The molecule has 3 heterocycles. The van der Waals surface area contributed by atoms with Gasteiger partial charge in [-0.15, -0.1) is 0 Å². The van der Waals surface area contributed by atoms with Crippen molar-refractivity contribution in [2.24, 2.45) is 0 Å². The summed E-state index contributed by atoms with van der Waals surface area (Å²) in [5.41, 5.74) is 1.17. The Hall–Kier alpha value is -2.67. The quantitative estimate of drug-likeness (QED) is 0.805. The molecule has 1 aromatic carbocycles. The Kier molecular flexibility index (Phi) is 4.24. The van der Waals surface area contributed by atoms with Crippen molar-refractivity contribution in [1.29, 1.82) is 0 Å². The summed E-state index contributed by atoms with van der Waals surface area (Å²) in [5.74, 6) is -1.18. The predicted molar refractivity (Wildman–Crippen MR) is 108 cm³/mol. The number of benzene rings is 1. The van der Waals surface area contributed by atoms with E-state index >= 15 is 4.39 Å². The van der Waals surface area contributed by atoms with E-state index in [0.717, 1.165) is 12.8 Å². The largest absolute Gasteiger partial charge is 0.462 e. The molecule has 2 aliphatic heterocycles. The monoisotopic (exact) mass is 398 g/mol. The van der Waals surface area contributed by atoms with Crippen molar-refractivity contribution in [1.82, 2.24) is 4.57 Å². The summed E-state index contributed by atoms with van der Waals surface area (Å²) in [7, 11) is 0. The molecule has 2 atom stereocenters. The first-order valence-electron chi connectivity index (χ1n) is 10.2. The van der Waals surface area contributed by atoms with E-state index in [1.165, 1.54) is 6.07 Å². The number of hydrogen-bond acceptors (Lipinski definition) is 5. The predicted octanol–water partition coefficient (Wildman–Crippen LogP) is 3.01. The Morgan fingerprint density at radius 2 is 2.14 bits per heavy atom. The zero-order valence-electron chi connectivity index (χ0n) is 16.2. The van der Waals surface area contributed by atoms with Crippen LogP contribution in [-0.2, 0) is 4.74 Å². The minimum absolute atomic E-state index is 0.0364. The van der Waals surface area contributed by atoms with Gasteiger partial charge in [0.05, 0.1) is 29.3 Å². The second-order valence-corrected chi connectivity index (χ2v) is 8.08. The van der Waals surface area contributed by atoms with Crippen molar-refractivity contribution in [2.75, 3.05) is 18.1 Å². The van der Waals surface area contributed by atoms with Crippen LogP contribution >= 0.6 is 0 Å². The molecule has 7 heteroatoms. The normalized spacial score (nSPS) is 23.1. The van der Waals surface area contributed by atoms with Crippen LogP contribution < -0.4 is 10.3 Å². The first-order chi connectivity index (χ1) is 14.0. The minimum Gasteiger partial charge on any atom is -0.462 e. The number of aliphatic hydroxyl groups excluding tert-OH is 1. The molecule has 1 saturated carbocycles. The molecule has 2 aromatic rings. The lowest BCUT2D eigenvalue weighted by Crippen LogP contribution is -2.30. The number of esters is 1. The van der Waals surface area contributed by atoms with Gasteiger partial charge in [-0.25, -0.2) is 9.18 Å². The van der Waals surface area contributed by atoms with Gasteiger partial charge in [0.15, 0.2) is 0 Å². The number of ether oxygens (including phenoxy) is 1. The molecule has 1 N–H and O–H groups in total. The van der Waals surface area contributed by atoms with Crippen LogP contribution in [-0.4, -0.2) is 40.9 Å². The standard InChI is InChI=1S/C22H23FN2O4/c1-2-29-22(28)17-11-25(12-6-7-12)19-15-5-3-4-13-8-14(26)10-24(13)20(15)18(23)9-16(19)21(17)27/h3,5,9,11-14,26H,2,4,6-8,10H2,1H3/t13-,14?/m1/s1. The van der Waals surface area contributed by atoms with Gasteiger partial charge < -0.3 is 19.3 Å². The molecular weight excluding hydrogens is 375 g/mol. The van der Waals surface area contributed by atoms with Gasteiger partial charge in [-0.2, -0.15) is 0 Å². The van der Waals surface area contributed by atoms with E-state index < -0.39 is 23.3 Å². The van der Waals surface area contributed by atoms with Gasteiger partial charge >= 0.3 is 5.97 Å². The zero-order valence-corrected chi connectivity index (χ0v) is 16.2. The van der Waals surface area contributed by atoms with Gasteiger partial charge in [0.2, 0.25) is 5.43 Å². The maximum atomic E-state index is 15.3. The van der Waals surface area contributed by atoms with E-state index in [0.29, 0.717) is 36.2 Å². The van der Waals surface area contributed by atoms with E-state index in [9.17, 15) is 14.7 Å². The fourth-order valence-corrected chi connectivity index (χ4v) is 4.68. The average Bonchev–Trinajstić information content (AvgIpc) is 3.47. The van der Waals surface area contributed by atoms with Gasteiger partial charge in [-0.3, -0.25) is 4.79 Å². The van der Waals surface area contributed by atoms with Crippen LogP contribution in [0.1, 0.15) is 54.6 Å². The van der Waals surface area contributed by atoms with Crippen LogP contribution in [0.25, 0.3) is 17.0 Å². The van der Waals surface area contributed by atoms with Crippen molar-refractivity contribution in [3.05, 3.63) is 45.5 Å². The van der Waals surface area contributed by atoms with E-state index in [1.807, 2.05) is 21.6 Å². The zero-order chi connectivity index (χ0) is 20.3. The summed E-state index contributed by atoms with van der Waals surface area (Å²) in [6, 6.07) is 1.46. The molecule has 1 saturated heterocycles. The van der Waals surface area contributed by atoms with E-state index in [4.69, 9.17) is 4.74 Å². The van der Waals surface area contributed by atoms with E-state index in [1.54, 1.807) is 13.1 Å². The summed E-state index contributed by atoms with van der Waals surface area (Å²) in [6.07, 6.45) is 8.15. The molecule has 2 fully saturated rings. The first kappa shape index (κ1) is 18.4. The summed E-state index contributed by atoms with van der Waals surface area (Å²) in [5, 5.41) is 10.3. The fraction of sp³-hybridized carbons (Fsp3) is 0.455. The molecular formula is C22H23FN2O4. The van der Waals surface area contributed by atoms with Crippen LogP contribution in [0.5, 0.6) is 0 Å². The number of hydrogen-bond donors (Lipinski definition) is 1. The molecule has 1 unspecified atom stereocenters. The number of anilines is 1. The van der Waals surface area contributed by atoms with Crippen molar-refractivity contribution < 1.29 is 19.0 Å². The van der Waals surface area contributed by atoms with Crippen LogP contribution in [0.15, 0.2) is 23.1 Å². The van der Waals surface area contributed by atoms with Crippen molar-refractivity contribution in [2.45, 2.75) is 50.8 Å². The Labute approximate surface area is 167 Å². The Morgan fingerprint density at radius 3 is 2.86 bits per heavy atom. The van der Waals surface area contributed by atoms with Crippen LogP contribution in [0, 0.1) is 5.82 Å². The third-order valence-electron chi connectivity index (χ3n) is 6.09. The number of pyridine rings is 1. The number of aliphatic hydroxyl groups is 1. The van der Waals surface area contributed by atoms with Gasteiger partial charge in [0.25, 0.3) is 0 Å². The highest BCUT2D eigenvalue weighted by molar-refractivity contribution is 5.99. The molecule has 0 radical (unpaired) electrons. The highest BCUT2D eigenvalue weighted by atomic mass is 19.1. The third-order valence-corrected chi connectivity index (χ3v) is 6.09. The molecule has 6 nitrogen and oxygen atoms in total. The molecule has 29 heavy (non-hydrogen) atoms. The Bertz CT molecular complexity index is 1100. The Balaban J connectivity index is 1.82. The summed E-state index contributed by atoms with van der Waals surface area (Å²) < 4.78 is 22.3. The number of halogens is 1. The third kappa shape index (κ3) is 2.87. The van der Waals surface area contributed by atoms with Gasteiger partial charge in [0.1, 0.15) is 11.4 Å².